The van der Waals surface area contributed by atoms with Gasteiger partial charge in [-0.15, -0.1) is 0 Å². The molecule has 1 unspecified atom stereocenters. The van der Waals surface area contributed by atoms with Gasteiger partial charge in [0.2, 0.25) is 0 Å². The van der Waals surface area contributed by atoms with E-state index in [0.29, 0.717) is 5.92 Å². The molecule has 0 aromatic heterocycles. The Kier molecular flexibility index (Phi) is 5.12. The van der Waals surface area contributed by atoms with E-state index in [1.54, 1.807) is 7.11 Å². The normalized spacial score (nSPS) is 19.7. The number of nitrogens with one attached hydrogen (secondary N) is 1. The molecule has 1 aliphatic rings. The molecule has 1 aromatic carbocycles. The van der Waals surface area contributed by atoms with E-state index in [-0.39, 0.29) is 0 Å². The Balaban J connectivity index is 2.21. The summed E-state index contributed by atoms with van der Waals surface area (Å²) in [5.41, 5.74) is 2.55. The van der Waals surface area contributed by atoms with E-state index in [9.17, 15) is 0 Å². The van der Waals surface area contributed by atoms with Crippen LogP contribution in [0, 0.1) is 5.92 Å². The van der Waals surface area contributed by atoms with Crippen molar-refractivity contribution in [3.8, 4) is 5.75 Å². The molecule has 1 fully saturated rings. The fourth-order valence-corrected chi connectivity index (χ4v) is 3.19. The summed E-state index contributed by atoms with van der Waals surface area (Å²) in [7, 11) is 1.69. The minimum atomic E-state index is 0.428. The highest BCUT2D eigenvalue weighted by atomic mass is 35.5. The molecule has 1 N–H and O–H groups in total. The zero-order valence-corrected chi connectivity index (χ0v) is 12.9. The Morgan fingerprint density at radius 1 is 1.42 bits per heavy atom. The molecule has 0 aliphatic carbocycles. The molecule has 0 radical (unpaired) electrons. The van der Waals surface area contributed by atoms with Crippen LogP contribution in [-0.4, -0.2) is 20.2 Å². The first-order chi connectivity index (χ1) is 9.11. The van der Waals surface area contributed by atoms with Gasteiger partial charge in [-0.05, 0) is 61.4 Å². The van der Waals surface area contributed by atoms with Crippen LogP contribution in [0.4, 0.5) is 0 Å². The summed E-state index contributed by atoms with van der Waals surface area (Å²) in [5, 5.41) is 4.21. The first-order valence-electron chi connectivity index (χ1n) is 7.18. The number of benzene rings is 1. The molecule has 0 amide bonds. The third kappa shape index (κ3) is 3.64. The lowest BCUT2D eigenvalue weighted by molar-refractivity contribution is 0.375. The molecule has 2 rings (SSSR count). The summed E-state index contributed by atoms with van der Waals surface area (Å²) in [5.74, 6) is 2.00. The van der Waals surface area contributed by atoms with Crippen molar-refractivity contribution in [3.05, 3.63) is 28.3 Å². The van der Waals surface area contributed by atoms with Crippen molar-refractivity contribution >= 4 is 11.6 Å². The van der Waals surface area contributed by atoms with Gasteiger partial charge in [0.1, 0.15) is 5.75 Å². The molecule has 1 heterocycles. The van der Waals surface area contributed by atoms with Gasteiger partial charge in [0.15, 0.2) is 0 Å². The summed E-state index contributed by atoms with van der Waals surface area (Å²) < 4.78 is 5.44. The number of hydrogen-bond donors (Lipinski definition) is 1. The lowest BCUT2D eigenvalue weighted by Crippen LogP contribution is -2.30. The maximum absolute atomic E-state index is 6.36. The monoisotopic (exact) mass is 281 g/mol. The van der Waals surface area contributed by atoms with Crippen molar-refractivity contribution in [2.24, 2.45) is 5.92 Å². The lowest BCUT2D eigenvalue weighted by atomic mass is 9.90. The SMILES string of the molecule is COc1c(Cl)cc(CC2CCCNC2)cc1C(C)C. The van der Waals surface area contributed by atoms with Crippen molar-refractivity contribution in [1.29, 1.82) is 0 Å². The third-order valence-electron chi connectivity index (χ3n) is 3.88. The van der Waals surface area contributed by atoms with E-state index in [4.69, 9.17) is 16.3 Å². The minimum Gasteiger partial charge on any atom is -0.495 e. The average molecular weight is 282 g/mol. The van der Waals surface area contributed by atoms with Crippen LogP contribution in [0.25, 0.3) is 0 Å². The second kappa shape index (κ2) is 6.62. The van der Waals surface area contributed by atoms with E-state index in [0.717, 1.165) is 36.2 Å². The quantitative estimate of drug-likeness (QED) is 0.900. The molecule has 2 nitrogen and oxygen atoms in total. The highest BCUT2D eigenvalue weighted by molar-refractivity contribution is 6.32. The Morgan fingerprint density at radius 3 is 2.79 bits per heavy atom. The number of halogens is 1. The van der Waals surface area contributed by atoms with Crippen molar-refractivity contribution < 1.29 is 4.74 Å². The predicted octanol–water partition coefficient (Wildman–Crippen LogP) is 4.01. The van der Waals surface area contributed by atoms with E-state index >= 15 is 0 Å². The molecule has 1 aromatic rings. The van der Waals surface area contributed by atoms with Gasteiger partial charge >= 0.3 is 0 Å². The van der Waals surface area contributed by atoms with Gasteiger partial charge in [0.25, 0.3) is 0 Å². The van der Waals surface area contributed by atoms with Gasteiger partial charge < -0.3 is 10.1 Å². The molecule has 3 heteroatoms. The van der Waals surface area contributed by atoms with Crippen LogP contribution < -0.4 is 10.1 Å². The molecule has 1 saturated heterocycles. The smallest absolute Gasteiger partial charge is 0.140 e. The predicted molar refractivity (Wildman–Crippen MR) is 81.4 cm³/mol. The number of methoxy groups -OCH3 is 1. The number of hydrogen-bond acceptors (Lipinski definition) is 2. The number of rotatable bonds is 4. The van der Waals surface area contributed by atoms with Crippen LogP contribution in [0.1, 0.15) is 43.7 Å². The molecular weight excluding hydrogens is 258 g/mol. The van der Waals surface area contributed by atoms with Crippen molar-refractivity contribution in [3.63, 3.8) is 0 Å². The molecule has 1 aliphatic heterocycles. The fraction of sp³-hybridized carbons (Fsp3) is 0.625. The molecule has 0 spiro atoms. The second-order valence-electron chi connectivity index (χ2n) is 5.77. The summed E-state index contributed by atoms with van der Waals surface area (Å²) in [6.07, 6.45) is 3.70. The molecular formula is C16H24ClNO. The first kappa shape index (κ1) is 14.7. The van der Waals surface area contributed by atoms with Gasteiger partial charge in [-0.1, -0.05) is 31.5 Å². The standard InChI is InChI=1S/C16H24ClNO/c1-11(2)14-8-13(9-15(17)16(14)19-3)7-12-5-4-6-18-10-12/h8-9,11-12,18H,4-7,10H2,1-3H3. The molecule has 19 heavy (non-hydrogen) atoms. The minimum absolute atomic E-state index is 0.428. The van der Waals surface area contributed by atoms with Gasteiger partial charge in [-0.3, -0.25) is 0 Å². The lowest BCUT2D eigenvalue weighted by Gasteiger charge is -2.23. The van der Waals surface area contributed by atoms with Crippen LogP contribution in [0.5, 0.6) is 5.75 Å². The van der Waals surface area contributed by atoms with Gasteiger partial charge in [0.05, 0.1) is 12.1 Å². The van der Waals surface area contributed by atoms with Crippen LogP contribution in [0.15, 0.2) is 12.1 Å². The summed E-state index contributed by atoms with van der Waals surface area (Å²) in [6, 6.07) is 4.34. The second-order valence-corrected chi connectivity index (χ2v) is 6.18. The van der Waals surface area contributed by atoms with Gasteiger partial charge in [-0.2, -0.15) is 0 Å². The molecule has 0 saturated carbocycles. The van der Waals surface area contributed by atoms with Crippen LogP contribution in [-0.2, 0) is 6.42 Å². The summed E-state index contributed by atoms with van der Waals surface area (Å²) in [6.45, 7) is 6.65. The van der Waals surface area contributed by atoms with Crippen LogP contribution in [0.3, 0.4) is 0 Å². The average Bonchev–Trinajstić information content (AvgIpc) is 2.39. The molecule has 106 valence electrons. The molecule has 0 bridgehead atoms. The zero-order chi connectivity index (χ0) is 13.8. The maximum atomic E-state index is 6.36. The zero-order valence-electron chi connectivity index (χ0n) is 12.1. The largest absolute Gasteiger partial charge is 0.495 e. The summed E-state index contributed by atoms with van der Waals surface area (Å²) in [4.78, 5) is 0. The highest BCUT2D eigenvalue weighted by Crippen LogP contribution is 2.35. The topological polar surface area (TPSA) is 21.3 Å². The molecule has 1 atom stereocenters. The van der Waals surface area contributed by atoms with E-state index in [2.05, 4.69) is 31.3 Å². The first-order valence-corrected chi connectivity index (χ1v) is 7.56. The number of ether oxygens (including phenoxy) is 1. The maximum Gasteiger partial charge on any atom is 0.140 e. The van der Waals surface area contributed by atoms with E-state index in [1.807, 2.05) is 0 Å². The van der Waals surface area contributed by atoms with E-state index < -0.39 is 0 Å². The highest BCUT2D eigenvalue weighted by Gasteiger charge is 2.17. The fourth-order valence-electron chi connectivity index (χ4n) is 2.87. The Hall–Kier alpha value is -0.730. The Labute approximate surface area is 121 Å². The van der Waals surface area contributed by atoms with Gasteiger partial charge in [0, 0.05) is 0 Å². The Bertz CT molecular complexity index is 425. The van der Waals surface area contributed by atoms with Crippen LogP contribution >= 0.6 is 11.6 Å². The van der Waals surface area contributed by atoms with Gasteiger partial charge in [-0.25, -0.2) is 0 Å². The summed E-state index contributed by atoms with van der Waals surface area (Å²) >= 11 is 6.36. The van der Waals surface area contributed by atoms with Crippen molar-refractivity contribution in [2.45, 2.75) is 39.0 Å². The van der Waals surface area contributed by atoms with Crippen molar-refractivity contribution in [1.82, 2.24) is 5.32 Å². The third-order valence-corrected chi connectivity index (χ3v) is 4.16. The number of piperidine rings is 1. The van der Waals surface area contributed by atoms with Crippen LogP contribution in [0.2, 0.25) is 5.02 Å². The van der Waals surface area contributed by atoms with E-state index in [1.165, 1.54) is 24.0 Å². The Morgan fingerprint density at radius 2 is 2.21 bits per heavy atom. The van der Waals surface area contributed by atoms with Crippen molar-refractivity contribution in [2.75, 3.05) is 20.2 Å².